The summed E-state index contributed by atoms with van der Waals surface area (Å²) < 4.78 is 15.7. The molecule has 1 saturated heterocycles. The number of imide groups is 1. The van der Waals surface area contributed by atoms with Crippen LogP contribution in [0.1, 0.15) is 34.1 Å². The quantitative estimate of drug-likeness (QED) is 0.574. The van der Waals surface area contributed by atoms with E-state index in [1.54, 1.807) is 6.92 Å². The summed E-state index contributed by atoms with van der Waals surface area (Å²) in [5.41, 5.74) is 0. The minimum atomic E-state index is -2.22. The fraction of sp³-hybridized carbons (Fsp3) is 0.800. The molecule has 1 heterocycles. The number of hydrogen-bond donors (Lipinski definition) is 0. The van der Waals surface area contributed by atoms with Gasteiger partial charge in [0.25, 0.3) is 5.91 Å². The maximum Gasteiger partial charge on any atom is 0.417 e. The SMILES string of the molecule is CCOC(=O)N1C(=O)[C@H](O[Si](C)(C)C(C)(C)C)C[C@H]1C(=O)OC. The van der Waals surface area contributed by atoms with E-state index in [2.05, 4.69) is 20.8 Å². The van der Waals surface area contributed by atoms with Crippen LogP contribution in [-0.4, -0.2) is 57.0 Å². The Morgan fingerprint density at radius 1 is 1.30 bits per heavy atom. The average molecular weight is 345 g/mol. The highest BCUT2D eigenvalue weighted by Gasteiger charge is 2.51. The standard InChI is InChI=1S/C15H27NO6Si/c1-8-21-14(19)16-10(13(18)20-5)9-11(12(16)17)22-23(6,7)15(2,3)4/h10-11H,8-9H2,1-7H3/t10-,11+/m0/s1. The maximum atomic E-state index is 12.6. The van der Waals surface area contributed by atoms with Gasteiger partial charge in [-0.1, -0.05) is 20.8 Å². The molecule has 0 spiro atoms. The smallest absolute Gasteiger partial charge is 0.417 e. The Morgan fingerprint density at radius 3 is 2.30 bits per heavy atom. The molecule has 2 atom stereocenters. The number of ether oxygens (including phenoxy) is 2. The van der Waals surface area contributed by atoms with Gasteiger partial charge in [0.05, 0.1) is 13.7 Å². The molecule has 7 nitrogen and oxygen atoms in total. The number of amides is 2. The van der Waals surface area contributed by atoms with Crippen LogP contribution >= 0.6 is 0 Å². The summed E-state index contributed by atoms with van der Waals surface area (Å²) in [5.74, 6) is -1.18. The number of likely N-dealkylation sites (tertiary alicyclic amines) is 1. The number of rotatable bonds is 4. The number of methoxy groups -OCH3 is 1. The van der Waals surface area contributed by atoms with Crippen LogP contribution in [0, 0.1) is 0 Å². The van der Waals surface area contributed by atoms with Gasteiger partial charge in [-0.3, -0.25) is 4.79 Å². The molecule has 0 radical (unpaired) electrons. The maximum absolute atomic E-state index is 12.6. The van der Waals surface area contributed by atoms with Crippen LogP contribution in [0.4, 0.5) is 4.79 Å². The van der Waals surface area contributed by atoms with Gasteiger partial charge in [0.2, 0.25) is 0 Å². The number of hydrogen-bond acceptors (Lipinski definition) is 6. The van der Waals surface area contributed by atoms with E-state index >= 15 is 0 Å². The lowest BCUT2D eigenvalue weighted by Crippen LogP contribution is -2.47. The Balaban J connectivity index is 3.03. The van der Waals surface area contributed by atoms with E-state index in [0.29, 0.717) is 0 Å². The van der Waals surface area contributed by atoms with Gasteiger partial charge in [0, 0.05) is 6.42 Å². The first kappa shape index (κ1) is 19.6. The first-order valence-corrected chi connectivity index (χ1v) is 10.6. The van der Waals surface area contributed by atoms with E-state index in [1.807, 2.05) is 13.1 Å². The first-order valence-electron chi connectivity index (χ1n) is 7.71. The fourth-order valence-electron chi connectivity index (χ4n) is 2.10. The highest BCUT2D eigenvalue weighted by atomic mass is 28.4. The first-order chi connectivity index (χ1) is 10.5. The molecule has 1 aliphatic rings. The molecule has 0 N–H and O–H groups in total. The molecule has 0 aliphatic carbocycles. The van der Waals surface area contributed by atoms with Crippen LogP contribution in [0.2, 0.25) is 18.1 Å². The van der Waals surface area contributed by atoms with Crippen molar-refractivity contribution in [1.29, 1.82) is 0 Å². The Hall–Kier alpha value is -1.41. The van der Waals surface area contributed by atoms with Crippen molar-refractivity contribution in [3.05, 3.63) is 0 Å². The predicted molar refractivity (Wildman–Crippen MR) is 86.4 cm³/mol. The van der Waals surface area contributed by atoms with E-state index in [9.17, 15) is 14.4 Å². The molecule has 1 aliphatic heterocycles. The third kappa shape index (κ3) is 4.11. The summed E-state index contributed by atoms with van der Waals surface area (Å²) in [7, 11) is -1.00. The summed E-state index contributed by atoms with van der Waals surface area (Å²) in [5, 5.41) is -0.0919. The third-order valence-electron chi connectivity index (χ3n) is 4.44. The molecule has 132 valence electrons. The van der Waals surface area contributed by atoms with E-state index in [-0.39, 0.29) is 18.1 Å². The van der Waals surface area contributed by atoms with Crippen molar-refractivity contribution in [2.24, 2.45) is 0 Å². The highest BCUT2D eigenvalue weighted by molar-refractivity contribution is 6.74. The molecular weight excluding hydrogens is 318 g/mol. The predicted octanol–water partition coefficient (Wildman–Crippen LogP) is 2.31. The Labute approximate surface area is 138 Å². The second-order valence-electron chi connectivity index (χ2n) is 7.05. The summed E-state index contributed by atoms with van der Waals surface area (Å²) in [4.78, 5) is 37.3. The van der Waals surface area contributed by atoms with Crippen molar-refractivity contribution in [3.63, 3.8) is 0 Å². The zero-order valence-corrected chi connectivity index (χ0v) is 16.0. The van der Waals surface area contributed by atoms with E-state index < -0.39 is 38.4 Å². The molecule has 0 bridgehead atoms. The van der Waals surface area contributed by atoms with Crippen molar-refractivity contribution < 1.29 is 28.3 Å². The lowest BCUT2D eigenvalue weighted by molar-refractivity contribution is -0.148. The van der Waals surface area contributed by atoms with Gasteiger partial charge in [0.15, 0.2) is 8.32 Å². The molecule has 0 aromatic rings. The normalized spacial score (nSPS) is 22.2. The van der Waals surface area contributed by atoms with E-state index in [4.69, 9.17) is 13.9 Å². The number of carbonyl (C=O) groups is 3. The molecule has 0 unspecified atom stereocenters. The molecule has 1 rings (SSSR count). The van der Waals surface area contributed by atoms with Crippen molar-refractivity contribution in [2.45, 2.75) is 64.4 Å². The van der Waals surface area contributed by atoms with Gasteiger partial charge in [-0.05, 0) is 25.1 Å². The van der Waals surface area contributed by atoms with Gasteiger partial charge < -0.3 is 13.9 Å². The molecule has 23 heavy (non-hydrogen) atoms. The van der Waals surface area contributed by atoms with Gasteiger partial charge in [-0.15, -0.1) is 0 Å². The van der Waals surface area contributed by atoms with E-state index in [0.717, 1.165) is 4.90 Å². The number of carbonyl (C=O) groups excluding carboxylic acids is 3. The second kappa shape index (κ2) is 7.00. The second-order valence-corrected chi connectivity index (χ2v) is 11.8. The summed E-state index contributed by atoms with van der Waals surface area (Å²) >= 11 is 0. The highest BCUT2D eigenvalue weighted by Crippen LogP contribution is 2.39. The van der Waals surface area contributed by atoms with Crippen molar-refractivity contribution in [2.75, 3.05) is 13.7 Å². The molecule has 0 saturated carbocycles. The third-order valence-corrected chi connectivity index (χ3v) is 8.93. The van der Waals surface area contributed by atoms with Crippen LogP contribution in [0.3, 0.4) is 0 Å². The molecule has 1 fully saturated rings. The summed E-state index contributed by atoms with van der Waals surface area (Å²) in [6, 6.07) is -0.999. The molecule has 8 heteroatoms. The summed E-state index contributed by atoms with van der Waals surface area (Å²) in [6.45, 7) is 11.9. The molecule has 0 aromatic carbocycles. The van der Waals surface area contributed by atoms with Crippen molar-refractivity contribution in [3.8, 4) is 0 Å². The Morgan fingerprint density at radius 2 is 1.87 bits per heavy atom. The molecule has 0 aromatic heterocycles. The number of nitrogens with zero attached hydrogens (tertiary/aromatic N) is 1. The van der Waals surface area contributed by atoms with Crippen LogP contribution in [0.15, 0.2) is 0 Å². The minimum Gasteiger partial charge on any atom is -0.467 e. The Kier molecular flexibility index (Phi) is 5.98. The van der Waals surface area contributed by atoms with Crippen molar-refractivity contribution >= 4 is 26.3 Å². The average Bonchev–Trinajstić information content (AvgIpc) is 2.73. The van der Waals surface area contributed by atoms with E-state index in [1.165, 1.54) is 7.11 Å². The van der Waals surface area contributed by atoms with Crippen LogP contribution in [-0.2, 0) is 23.5 Å². The zero-order chi connectivity index (χ0) is 18.0. The summed E-state index contributed by atoms with van der Waals surface area (Å²) in [6.07, 6.45) is -1.57. The van der Waals surface area contributed by atoms with Gasteiger partial charge in [-0.2, -0.15) is 0 Å². The largest absolute Gasteiger partial charge is 0.467 e. The van der Waals surface area contributed by atoms with Crippen LogP contribution in [0.25, 0.3) is 0 Å². The lowest BCUT2D eigenvalue weighted by Gasteiger charge is -2.37. The fourth-order valence-corrected chi connectivity index (χ4v) is 3.36. The van der Waals surface area contributed by atoms with Gasteiger partial charge in [-0.25, -0.2) is 14.5 Å². The topological polar surface area (TPSA) is 82.1 Å². The lowest BCUT2D eigenvalue weighted by atomic mass is 10.2. The van der Waals surface area contributed by atoms with Crippen LogP contribution in [0.5, 0.6) is 0 Å². The van der Waals surface area contributed by atoms with Crippen LogP contribution < -0.4 is 0 Å². The minimum absolute atomic E-state index is 0.0919. The Bertz CT molecular complexity index is 485. The molecule has 2 amide bonds. The van der Waals surface area contributed by atoms with Gasteiger partial charge in [0.1, 0.15) is 12.1 Å². The number of esters is 1. The zero-order valence-electron chi connectivity index (χ0n) is 15.0. The monoisotopic (exact) mass is 345 g/mol. The van der Waals surface area contributed by atoms with Crippen molar-refractivity contribution in [1.82, 2.24) is 4.90 Å². The molecular formula is C15H27NO6Si. The van der Waals surface area contributed by atoms with Gasteiger partial charge >= 0.3 is 12.1 Å².